The van der Waals surface area contributed by atoms with Crippen molar-refractivity contribution in [1.82, 2.24) is 0 Å². The summed E-state index contributed by atoms with van der Waals surface area (Å²) < 4.78 is 35.2. The molecule has 0 amide bonds. The predicted molar refractivity (Wildman–Crippen MR) is 89.7 cm³/mol. The Morgan fingerprint density at radius 3 is 2.50 bits per heavy atom. The van der Waals surface area contributed by atoms with Crippen molar-refractivity contribution < 1.29 is 22.1 Å². The quantitative estimate of drug-likeness (QED) is 0.642. The third kappa shape index (κ3) is 4.23. The molecule has 0 bridgehead atoms. The Morgan fingerprint density at radius 1 is 1.29 bits per heavy atom. The highest BCUT2D eigenvalue weighted by molar-refractivity contribution is 7.86. The summed E-state index contributed by atoms with van der Waals surface area (Å²) in [6.07, 6.45) is 1.02. The zero-order valence-corrected chi connectivity index (χ0v) is 14.9. The maximum Gasteiger partial charge on any atom is 0.333 e. The number of benzene rings is 1. The lowest BCUT2D eigenvalue weighted by atomic mass is 9.85. The summed E-state index contributed by atoms with van der Waals surface area (Å²) in [5.41, 5.74) is 7.43. The van der Waals surface area contributed by atoms with Gasteiger partial charge in [0.15, 0.2) is 0 Å². The number of carbonyl (C=O) groups is 1. The van der Waals surface area contributed by atoms with E-state index in [1.54, 1.807) is 25.1 Å². The maximum absolute atomic E-state index is 12.5. The standard InChI is InChI=1S/C17H23NO5S/c1-4-22-17(19)13-9-12(3)16(18)15(10-13)23-24(20,21)14-7-5-11(2)6-8-14/h5-9,12,15-16H,4,10,18H2,1-3H3/t12-,15+,16-/m0/s1. The first-order chi connectivity index (χ1) is 11.2. The van der Waals surface area contributed by atoms with Gasteiger partial charge in [-0.15, -0.1) is 0 Å². The Balaban J connectivity index is 2.20. The van der Waals surface area contributed by atoms with Crippen molar-refractivity contribution in [2.24, 2.45) is 11.7 Å². The molecular weight excluding hydrogens is 330 g/mol. The van der Waals surface area contributed by atoms with Gasteiger partial charge < -0.3 is 10.5 Å². The number of hydrogen-bond donors (Lipinski definition) is 1. The summed E-state index contributed by atoms with van der Waals surface area (Å²) >= 11 is 0. The van der Waals surface area contributed by atoms with E-state index in [2.05, 4.69) is 0 Å². The lowest BCUT2D eigenvalue weighted by molar-refractivity contribution is -0.139. The topological polar surface area (TPSA) is 95.7 Å². The second-order valence-corrected chi connectivity index (χ2v) is 7.53. The van der Waals surface area contributed by atoms with Gasteiger partial charge in [-0.1, -0.05) is 30.7 Å². The van der Waals surface area contributed by atoms with Gasteiger partial charge in [0, 0.05) is 18.0 Å². The van der Waals surface area contributed by atoms with Crippen molar-refractivity contribution in [3.8, 4) is 0 Å². The molecule has 6 nitrogen and oxygen atoms in total. The minimum absolute atomic E-state index is 0.0696. The molecule has 7 heteroatoms. The van der Waals surface area contributed by atoms with Crippen molar-refractivity contribution >= 4 is 16.1 Å². The molecule has 1 aliphatic carbocycles. The van der Waals surface area contributed by atoms with E-state index in [9.17, 15) is 13.2 Å². The van der Waals surface area contributed by atoms with Crippen LogP contribution in [0.5, 0.6) is 0 Å². The van der Waals surface area contributed by atoms with Gasteiger partial charge in [0.05, 0.1) is 17.6 Å². The molecule has 1 aromatic carbocycles. The minimum Gasteiger partial charge on any atom is -0.463 e. The molecule has 0 radical (unpaired) electrons. The van der Waals surface area contributed by atoms with Crippen molar-refractivity contribution in [2.45, 2.75) is 44.2 Å². The molecular formula is C17H23NO5S. The van der Waals surface area contributed by atoms with E-state index in [1.807, 2.05) is 13.8 Å². The fourth-order valence-corrected chi connectivity index (χ4v) is 3.69. The second-order valence-electron chi connectivity index (χ2n) is 5.95. The molecule has 0 spiro atoms. The van der Waals surface area contributed by atoms with Crippen LogP contribution in [-0.2, 0) is 23.8 Å². The molecule has 0 saturated carbocycles. The summed E-state index contributed by atoms with van der Waals surface area (Å²) in [6, 6.07) is 5.85. The molecule has 2 rings (SSSR count). The Morgan fingerprint density at radius 2 is 1.92 bits per heavy atom. The first kappa shape index (κ1) is 18.6. The average Bonchev–Trinajstić information content (AvgIpc) is 2.52. The van der Waals surface area contributed by atoms with E-state index < -0.39 is 28.2 Å². The van der Waals surface area contributed by atoms with Crippen molar-refractivity contribution in [2.75, 3.05) is 6.61 Å². The number of esters is 1. The maximum atomic E-state index is 12.5. The Bertz CT molecular complexity index is 724. The normalized spacial score (nSPS) is 24.3. The molecule has 132 valence electrons. The largest absolute Gasteiger partial charge is 0.463 e. The molecule has 1 aliphatic rings. The smallest absolute Gasteiger partial charge is 0.333 e. The van der Waals surface area contributed by atoms with Crippen LogP contribution in [0.2, 0.25) is 0 Å². The Kier molecular flexibility index (Phi) is 5.79. The molecule has 0 fully saturated rings. The molecule has 0 aliphatic heterocycles. The molecule has 24 heavy (non-hydrogen) atoms. The highest BCUT2D eigenvalue weighted by Gasteiger charge is 2.35. The van der Waals surface area contributed by atoms with Crippen LogP contribution >= 0.6 is 0 Å². The molecule has 2 N–H and O–H groups in total. The van der Waals surface area contributed by atoms with Gasteiger partial charge in [0.25, 0.3) is 10.1 Å². The summed E-state index contributed by atoms with van der Waals surface area (Å²) in [5, 5.41) is 0. The van der Waals surface area contributed by atoms with E-state index in [-0.39, 0.29) is 23.8 Å². The number of hydrogen-bond acceptors (Lipinski definition) is 6. The van der Waals surface area contributed by atoms with Gasteiger partial charge in [0.2, 0.25) is 0 Å². The molecule has 3 atom stereocenters. The zero-order valence-electron chi connectivity index (χ0n) is 14.1. The molecule has 0 aromatic heterocycles. The molecule has 0 saturated heterocycles. The van der Waals surface area contributed by atoms with Crippen LogP contribution in [0.15, 0.2) is 40.8 Å². The van der Waals surface area contributed by atoms with Gasteiger partial charge in [-0.3, -0.25) is 4.18 Å². The zero-order chi connectivity index (χ0) is 17.9. The molecule has 0 heterocycles. The average molecular weight is 353 g/mol. The SMILES string of the molecule is CCOC(=O)C1=C[C@H](C)[C@H](N)[C@H](OS(=O)(=O)c2ccc(C)cc2)C1. The predicted octanol–water partition coefficient (Wildman–Crippen LogP) is 1.93. The summed E-state index contributed by atoms with van der Waals surface area (Å²) in [4.78, 5) is 12.0. The molecule has 0 unspecified atom stereocenters. The fourth-order valence-electron chi connectivity index (χ4n) is 2.58. The van der Waals surface area contributed by atoms with Crippen LogP contribution in [0.3, 0.4) is 0 Å². The van der Waals surface area contributed by atoms with Crippen molar-refractivity contribution in [1.29, 1.82) is 0 Å². The van der Waals surface area contributed by atoms with Gasteiger partial charge in [-0.2, -0.15) is 8.42 Å². The Hall–Kier alpha value is -1.70. The van der Waals surface area contributed by atoms with Crippen LogP contribution in [0.1, 0.15) is 25.8 Å². The first-order valence-corrected chi connectivity index (χ1v) is 9.28. The van der Waals surface area contributed by atoms with Gasteiger partial charge in [-0.05, 0) is 31.9 Å². The highest BCUT2D eigenvalue weighted by Crippen LogP contribution is 2.28. The third-order valence-corrected chi connectivity index (χ3v) is 5.37. The van der Waals surface area contributed by atoms with Crippen molar-refractivity contribution in [3.63, 3.8) is 0 Å². The van der Waals surface area contributed by atoms with Crippen LogP contribution in [0, 0.1) is 12.8 Å². The van der Waals surface area contributed by atoms with Gasteiger partial charge in [0.1, 0.15) is 0 Å². The van der Waals surface area contributed by atoms with E-state index in [4.69, 9.17) is 14.7 Å². The fraction of sp³-hybridized carbons (Fsp3) is 0.471. The van der Waals surface area contributed by atoms with Crippen LogP contribution in [0.25, 0.3) is 0 Å². The summed E-state index contributed by atoms with van der Waals surface area (Å²) in [7, 11) is -3.95. The van der Waals surface area contributed by atoms with Crippen LogP contribution in [0.4, 0.5) is 0 Å². The number of rotatable bonds is 5. The number of aryl methyl sites for hydroxylation is 1. The first-order valence-electron chi connectivity index (χ1n) is 7.88. The molecule has 1 aromatic rings. The Labute approximate surface area is 142 Å². The van der Waals surface area contributed by atoms with Crippen LogP contribution in [-0.4, -0.2) is 33.1 Å². The van der Waals surface area contributed by atoms with E-state index in [0.29, 0.717) is 5.57 Å². The number of nitrogens with two attached hydrogens (primary N) is 1. The minimum atomic E-state index is -3.95. The van der Waals surface area contributed by atoms with E-state index >= 15 is 0 Å². The monoisotopic (exact) mass is 353 g/mol. The van der Waals surface area contributed by atoms with Crippen LogP contribution < -0.4 is 5.73 Å². The summed E-state index contributed by atoms with van der Waals surface area (Å²) in [6.45, 7) is 5.65. The van der Waals surface area contributed by atoms with Gasteiger partial charge >= 0.3 is 5.97 Å². The van der Waals surface area contributed by atoms with Gasteiger partial charge in [-0.25, -0.2) is 4.79 Å². The second kappa shape index (κ2) is 7.46. The summed E-state index contributed by atoms with van der Waals surface area (Å²) in [5.74, 6) is -0.658. The number of carbonyl (C=O) groups excluding carboxylic acids is 1. The highest BCUT2D eigenvalue weighted by atomic mass is 32.2. The van der Waals surface area contributed by atoms with E-state index in [1.165, 1.54) is 12.1 Å². The van der Waals surface area contributed by atoms with E-state index in [0.717, 1.165) is 5.56 Å². The third-order valence-electron chi connectivity index (χ3n) is 4.02. The lowest BCUT2D eigenvalue weighted by Crippen LogP contribution is -2.45. The number of ether oxygens (including phenoxy) is 1. The lowest BCUT2D eigenvalue weighted by Gasteiger charge is -2.31. The van der Waals surface area contributed by atoms with Crippen molar-refractivity contribution in [3.05, 3.63) is 41.5 Å².